The van der Waals surface area contributed by atoms with Gasteiger partial charge in [0.25, 0.3) is 5.91 Å². The number of hydrogen-bond acceptors (Lipinski definition) is 2. The van der Waals surface area contributed by atoms with Crippen LogP contribution in [0.2, 0.25) is 5.15 Å². The van der Waals surface area contributed by atoms with E-state index in [0.717, 1.165) is 5.69 Å². The van der Waals surface area contributed by atoms with Gasteiger partial charge >= 0.3 is 0 Å². The summed E-state index contributed by atoms with van der Waals surface area (Å²) in [5, 5.41) is 0.372. The van der Waals surface area contributed by atoms with Crippen LogP contribution in [0.25, 0.3) is 0 Å². The zero-order valence-electron chi connectivity index (χ0n) is 13.5. The monoisotopic (exact) mass is 296 g/mol. The average molecular weight is 297 g/mol. The van der Waals surface area contributed by atoms with Gasteiger partial charge in [0.15, 0.2) is 0 Å². The van der Waals surface area contributed by atoms with Crippen LogP contribution in [-0.4, -0.2) is 28.9 Å². The van der Waals surface area contributed by atoms with Crippen molar-refractivity contribution < 1.29 is 4.79 Å². The summed E-state index contributed by atoms with van der Waals surface area (Å²) in [6.45, 7) is 12.5. The number of halogens is 1. The lowest BCUT2D eigenvalue weighted by Gasteiger charge is -2.35. The highest BCUT2D eigenvalue weighted by atomic mass is 35.5. The summed E-state index contributed by atoms with van der Waals surface area (Å²) in [6, 6.07) is 3.61. The molecule has 1 aromatic heterocycles. The smallest absolute Gasteiger partial charge is 0.254 e. The lowest BCUT2D eigenvalue weighted by Crippen LogP contribution is -2.43. The molecule has 0 bridgehead atoms. The van der Waals surface area contributed by atoms with Crippen LogP contribution in [0.15, 0.2) is 12.1 Å². The molecule has 0 fully saturated rings. The van der Waals surface area contributed by atoms with Crippen LogP contribution < -0.4 is 0 Å². The molecule has 1 rings (SSSR count). The molecule has 112 valence electrons. The maximum absolute atomic E-state index is 12.6. The van der Waals surface area contributed by atoms with Gasteiger partial charge in [0, 0.05) is 24.3 Å². The number of aromatic nitrogens is 1. The molecule has 0 spiro atoms. The van der Waals surface area contributed by atoms with Crippen molar-refractivity contribution >= 4 is 17.5 Å². The number of carbonyl (C=O) groups excluding carboxylic acids is 1. The zero-order valence-corrected chi connectivity index (χ0v) is 14.2. The molecule has 0 aliphatic heterocycles. The fourth-order valence-corrected chi connectivity index (χ4v) is 2.11. The highest BCUT2D eigenvalue weighted by molar-refractivity contribution is 6.29. The van der Waals surface area contributed by atoms with Gasteiger partial charge in [-0.25, -0.2) is 4.98 Å². The topological polar surface area (TPSA) is 33.2 Å². The van der Waals surface area contributed by atoms with E-state index in [2.05, 4.69) is 32.7 Å². The molecular weight excluding hydrogens is 272 g/mol. The van der Waals surface area contributed by atoms with Gasteiger partial charge < -0.3 is 4.90 Å². The third kappa shape index (κ3) is 3.95. The largest absolute Gasteiger partial charge is 0.338 e. The maximum atomic E-state index is 12.6. The summed E-state index contributed by atoms with van der Waals surface area (Å²) in [4.78, 5) is 18.6. The van der Waals surface area contributed by atoms with Crippen molar-refractivity contribution in [2.45, 2.75) is 53.5 Å². The number of amides is 1. The third-order valence-electron chi connectivity index (χ3n) is 3.81. The van der Waals surface area contributed by atoms with Gasteiger partial charge in [-0.3, -0.25) is 4.79 Å². The Balaban J connectivity index is 3.09. The Labute approximate surface area is 127 Å². The standard InChI is InChI=1S/C16H25ClN2O/c1-10(2)13-8-12(9-14(17)18-13)15(20)19(7)11(3)16(4,5)6/h8-11H,1-7H3. The number of pyridine rings is 1. The van der Waals surface area contributed by atoms with Gasteiger partial charge in [0.1, 0.15) is 5.15 Å². The number of rotatable bonds is 3. The van der Waals surface area contributed by atoms with Gasteiger partial charge in [-0.1, -0.05) is 46.2 Å². The first-order valence-electron chi connectivity index (χ1n) is 6.98. The minimum atomic E-state index is -0.0152. The zero-order chi connectivity index (χ0) is 15.7. The second-order valence-corrected chi connectivity index (χ2v) is 7.10. The lowest BCUT2D eigenvalue weighted by atomic mass is 9.87. The van der Waals surface area contributed by atoms with E-state index in [1.54, 1.807) is 11.0 Å². The highest BCUT2D eigenvalue weighted by Crippen LogP contribution is 2.25. The summed E-state index contributed by atoms with van der Waals surface area (Å²) in [5.74, 6) is 0.226. The van der Waals surface area contributed by atoms with E-state index in [4.69, 9.17) is 11.6 Å². The predicted octanol–water partition coefficient (Wildman–Crippen LogP) is 4.37. The fourth-order valence-electron chi connectivity index (χ4n) is 1.90. The summed E-state index contributed by atoms with van der Waals surface area (Å²) >= 11 is 6.03. The van der Waals surface area contributed by atoms with E-state index in [-0.39, 0.29) is 23.3 Å². The Kier molecular flexibility index (Phi) is 5.20. The summed E-state index contributed by atoms with van der Waals surface area (Å²) in [7, 11) is 1.83. The van der Waals surface area contributed by atoms with Gasteiger partial charge in [0.2, 0.25) is 0 Å². The summed E-state index contributed by atoms with van der Waals surface area (Å²) in [6.07, 6.45) is 0. The van der Waals surface area contributed by atoms with Crippen molar-refractivity contribution in [3.05, 3.63) is 28.5 Å². The van der Waals surface area contributed by atoms with Crippen molar-refractivity contribution in [3.8, 4) is 0 Å². The Morgan fingerprint density at radius 3 is 2.25 bits per heavy atom. The molecule has 3 nitrogen and oxygen atoms in total. The lowest BCUT2D eigenvalue weighted by molar-refractivity contribution is 0.0629. The first-order valence-corrected chi connectivity index (χ1v) is 7.36. The quantitative estimate of drug-likeness (QED) is 0.776. The van der Waals surface area contributed by atoms with Crippen molar-refractivity contribution in [3.63, 3.8) is 0 Å². The molecule has 0 aromatic carbocycles. The maximum Gasteiger partial charge on any atom is 0.254 e. The third-order valence-corrected chi connectivity index (χ3v) is 4.00. The molecule has 0 N–H and O–H groups in total. The molecule has 1 atom stereocenters. The fraction of sp³-hybridized carbons (Fsp3) is 0.625. The van der Waals surface area contributed by atoms with Crippen LogP contribution in [0.5, 0.6) is 0 Å². The molecule has 4 heteroatoms. The molecule has 0 aliphatic rings. The van der Waals surface area contributed by atoms with Gasteiger partial charge in [-0.05, 0) is 30.4 Å². The molecule has 0 radical (unpaired) electrons. The van der Waals surface area contributed by atoms with E-state index in [9.17, 15) is 4.79 Å². The van der Waals surface area contributed by atoms with E-state index >= 15 is 0 Å². The first kappa shape index (κ1) is 17.0. The molecule has 1 unspecified atom stereocenters. The minimum Gasteiger partial charge on any atom is -0.338 e. The second kappa shape index (κ2) is 6.13. The van der Waals surface area contributed by atoms with Crippen molar-refractivity contribution in [2.75, 3.05) is 7.05 Å². The molecule has 1 aromatic rings. The number of carbonyl (C=O) groups is 1. The first-order chi connectivity index (χ1) is 9.04. The average Bonchev–Trinajstić information content (AvgIpc) is 2.34. The Morgan fingerprint density at radius 2 is 1.80 bits per heavy atom. The summed E-state index contributed by atoms with van der Waals surface area (Å²) in [5.41, 5.74) is 1.48. The normalized spacial score (nSPS) is 13.4. The SMILES string of the molecule is CC(C)c1cc(C(=O)N(C)C(C)C(C)(C)C)cc(Cl)n1. The van der Waals surface area contributed by atoms with Crippen LogP contribution in [0, 0.1) is 5.41 Å². The molecule has 20 heavy (non-hydrogen) atoms. The van der Waals surface area contributed by atoms with Gasteiger partial charge in [-0.2, -0.15) is 0 Å². The Morgan fingerprint density at radius 1 is 1.25 bits per heavy atom. The Bertz CT molecular complexity index is 492. The van der Waals surface area contributed by atoms with Crippen LogP contribution in [0.1, 0.15) is 63.5 Å². The van der Waals surface area contributed by atoms with Crippen molar-refractivity contribution in [1.29, 1.82) is 0 Å². The molecule has 0 aliphatic carbocycles. The van der Waals surface area contributed by atoms with Crippen molar-refractivity contribution in [1.82, 2.24) is 9.88 Å². The van der Waals surface area contributed by atoms with E-state index < -0.39 is 0 Å². The second-order valence-electron chi connectivity index (χ2n) is 6.72. The predicted molar refractivity (Wildman–Crippen MR) is 84.3 cm³/mol. The molecule has 0 saturated heterocycles. The van der Waals surface area contributed by atoms with E-state index in [0.29, 0.717) is 10.7 Å². The number of hydrogen-bond donors (Lipinski definition) is 0. The molecule has 1 amide bonds. The van der Waals surface area contributed by atoms with E-state index in [1.165, 1.54) is 0 Å². The van der Waals surface area contributed by atoms with Crippen LogP contribution in [0.4, 0.5) is 0 Å². The Hall–Kier alpha value is -1.09. The molecule has 1 heterocycles. The van der Waals surface area contributed by atoms with Crippen LogP contribution in [-0.2, 0) is 0 Å². The highest BCUT2D eigenvalue weighted by Gasteiger charge is 2.28. The van der Waals surface area contributed by atoms with E-state index in [1.807, 2.05) is 27.0 Å². The van der Waals surface area contributed by atoms with Crippen LogP contribution >= 0.6 is 11.6 Å². The summed E-state index contributed by atoms with van der Waals surface area (Å²) < 4.78 is 0. The van der Waals surface area contributed by atoms with Gasteiger partial charge in [0.05, 0.1) is 0 Å². The molecular formula is C16H25ClN2O. The molecule has 0 saturated carbocycles. The number of nitrogens with zero attached hydrogens (tertiary/aromatic N) is 2. The van der Waals surface area contributed by atoms with Crippen molar-refractivity contribution in [2.24, 2.45) is 5.41 Å². The van der Waals surface area contributed by atoms with Crippen LogP contribution in [0.3, 0.4) is 0 Å². The minimum absolute atomic E-state index is 0.0152. The van der Waals surface area contributed by atoms with Gasteiger partial charge in [-0.15, -0.1) is 0 Å².